The maximum absolute atomic E-state index is 6.69. The zero-order chi connectivity index (χ0) is 26.1. The second-order valence-corrected chi connectivity index (χ2v) is 11.4. The number of benzene rings is 2. The van der Waals surface area contributed by atoms with Gasteiger partial charge < -0.3 is 29.0 Å². The SMILES string of the molecule is CN(C)Cc1ccc(Nc2ncnc3c2c(-c2ccccc2)cn3[C@@H]2OC3(CC3)[C@H]3OC(C)(C)O[C@@H]23)cc1. The molecule has 0 unspecified atom stereocenters. The van der Waals surface area contributed by atoms with Crippen LogP contribution in [0.15, 0.2) is 67.1 Å². The highest BCUT2D eigenvalue weighted by molar-refractivity contribution is 6.02. The number of rotatable bonds is 6. The predicted molar refractivity (Wildman–Crippen MR) is 146 cm³/mol. The fraction of sp³-hybridized carbons (Fsp3) is 0.400. The van der Waals surface area contributed by atoms with Gasteiger partial charge in [0.1, 0.15) is 35.6 Å². The van der Waals surface area contributed by atoms with Crippen molar-refractivity contribution in [2.75, 3.05) is 19.4 Å². The van der Waals surface area contributed by atoms with Crippen LogP contribution in [0.5, 0.6) is 0 Å². The van der Waals surface area contributed by atoms with Crippen LogP contribution in [0.3, 0.4) is 0 Å². The first-order valence-electron chi connectivity index (χ1n) is 13.3. The van der Waals surface area contributed by atoms with Crippen molar-refractivity contribution in [2.24, 2.45) is 0 Å². The third-order valence-corrected chi connectivity index (χ3v) is 7.71. The molecule has 3 aliphatic rings. The van der Waals surface area contributed by atoms with E-state index >= 15 is 0 Å². The number of anilines is 2. The molecule has 1 N–H and O–H groups in total. The Hall–Kier alpha value is -3.30. The number of hydrogen-bond donors (Lipinski definition) is 1. The Balaban J connectivity index is 1.32. The van der Waals surface area contributed by atoms with Crippen LogP contribution in [0.1, 0.15) is 38.5 Å². The fourth-order valence-corrected chi connectivity index (χ4v) is 5.93. The third kappa shape index (κ3) is 3.99. The Morgan fingerprint density at radius 3 is 2.45 bits per heavy atom. The van der Waals surface area contributed by atoms with Crippen molar-refractivity contribution in [3.63, 3.8) is 0 Å². The fourth-order valence-electron chi connectivity index (χ4n) is 5.93. The van der Waals surface area contributed by atoms with E-state index in [1.165, 1.54) is 5.56 Å². The summed E-state index contributed by atoms with van der Waals surface area (Å²) in [6.07, 6.45) is 5.10. The van der Waals surface area contributed by atoms with Gasteiger partial charge in [0.15, 0.2) is 12.0 Å². The monoisotopic (exact) mass is 511 g/mol. The average Bonchev–Trinajstić information content (AvgIpc) is 3.35. The third-order valence-electron chi connectivity index (χ3n) is 7.71. The molecule has 2 aromatic carbocycles. The highest BCUT2D eigenvalue weighted by Crippen LogP contribution is 2.59. The standard InChI is InChI=1S/C30H33N5O3/c1-29(2)36-24-25(37-29)30(14-15-30)38-28(24)35-17-22(20-8-6-5-7-9-20)23-26(31-18-32-27(23)35)33-21-12-10-19(11-13-21)16-34(3)4/h5-13,17-18,24-25,28H,14-16H2,1-4H3,(H,31,32,33)/t24-,25+,28-/m1/s1. The number of aromatic nitrogens is 3. The second kappa shape index (κ2) is 8.61. The highest BCUT2D eigenvalue weighted by atomic mass is 16.8. The van der Waals surface area contributed by atoms with Crippen molar-refractivity contribution >= 4 is 22.5 Å². The largest absolute Gasteiger partial charge is 0.346 e. The van der Waals surface area contributed by atoms with E-state index in [0.29, 0.717) is 0 Å². The van der Waals surface area contributed by atoms with Crippen molar-refractivity contribution in [2.45, 2.75) is 63.1 Å². The number of fused-ring (bicyclic) bond motifs is 3. The van der Waals surface area contributed by atoms with Crippen LogP contribution in [-0.4, -0.2) is 57.1 Å². The van der Waals surface area contributed by atoms with Gasteiger partial charge in [0, 0.05) is 24.0 Å². The summed E-state index contributed by atoms with van der Waals surface area (Å²) in [6, 6.07) is 18.8. The van der Waals surface area contributed by atoms with Crippen LogP contribution in [0.4, 0.5) is 11.5 Å². The molecule has 1 spiro atoms. The van der Waals surface area contributed by atoms with Gasteiger partial charge in [-0.15, -0.1) is 0 Å². The molecule has 4 heterocycles. The molecule has 196 valence electrons. The van der Waals surface area contributed by atoms with Crippen LogP contribution < -0.4 is 5.32 Å². The molecule has 38 heavy (non-hydrogen) atoms. The second-order valence-electron chi connectivity index (χ2n) is 11.4. The van der Waals surface area contributed by atoms with Crippen molar-refractivity contribution in [3.05, 3.63) is 72.7 Å². The lowest BCUT2D eigenvalue weighted by atomic mass is 10.1. The van der Waals surface area contributed by atoms with E-state index < -0.39 is 5.79 Å². The molecular formula is C30H33N5O3. The van der Waals surface area contributed by atoms with Gasteiger partial charge >= 0.3 is 0 Å². The van der Waals surface area contributed by atoms with Crippen molar-refractivity contribution in [1.82, 2.24) is 19.4 Å². The van der Waals surface area contributed by atoms with E-state index in [9.17, 15) is 0 Å². The molecule has 3 atom stereocenters. The molecule has 2 aromatic heterocycles. The van der Waals surface area contributed by atoms with Gasteiger partial charge in [0.2, 0.25) is 0 Å². The first-order valence-corrected chi connectivity index (χ1v) is 13.3. The van der Waals surface area contributed by atoms with Crippen LogP contribution >= 0.6 is 0 Å². The summed E-state index contributed by atoms with van der Waals surface area (Å²) in [5, 5.41) is 4.50. The van der Waals surface area contributed by atoms with Crippen LogP contribution in [0, 0.1) is 0 Å². The van der Waals surface area contributed by atoms with E-state index in [4.69, 9.17) is 19.2 Å². The van der Waals surface area contributed by atoms with E-state index in [-0.39, 0.29) is 24.0 Å². The van der Waals surface area contributed by atoms with E-state index in [1.807, 2.05) is 19.9 Å². The number of nitrogens with zero attached hydrogens (tertiary/aromatic N) is 4. The minimum atomic E-state index is -0.640. The maximum Gasteiger partial charge on any atom is 0.165 e. The van der Waals surface area contributed by atoms with Gasteiger partial charge in [-0.3, -0.25) is 0 Å². The molecule has 7 rings (SSSR count). The summed E-state index contributed by atoms with van der Waals surface area (Å²) in [6.45, 7) is 4.86. The number of nitrogens with one attached hydrogen (secondary N) is 1. The topological polar surface area (TPSA) is 73.7 Å². The Morgan fingerprint density at radius 2 is 1.74 bits per heavy atom. The molecule has 1 aliphatic carbocycles. The minimum absolute atomic E-state index is 0.0831. The first kappa shape index (κ1) is 23.8. The van der Waals surface area contributed by atoms with Crippen LogP contribution in [-0.2, 0) is 20.8 Å². The average molecular weight is 512 g/mol. The van der Waals surface area contributed by atoms with Crippen LogP contribution in [0.25, 0.3) is 22.2 Å². The van der Waals surface area contributed by atoms with E-state index in [1.54, 1.807) is 6.33 Å². The molecule has 0 amide bonds. The molecule has 1 saturated carbocycles. The van der Waals surface area contributed by atoms with Gasteiger partial charge in [-0.05, 0) is 64.0 Å². The van der Waals surface area contributed by atoms with Crippen molar-refractivity contribution in [3.8, 4) is 11.1 Å². The minimum Gasteiger partial charge on any atom is -0.346 e. The lowest BCUT2D eigenvalue weighted by Gasteiger charge is -2.25. The summed E-state index contributed by atoms with van der Waals surface area (Å²) >= 11 is 0. The smallest absolute Gasteiger partial charge is 0.165 e. The Bertz CT molecular complexity index is 1480. The van der Waals surface area contributed by atoms with Gasteiger partial charge in [-0.1, -0.05) is 42.5 Å². The molecule has 4 aromatic rings. The van der Waals surface area contributed by atoms with E-state index in [2.05, 4.69) is 88.6 Å². The highest BCUT2D eigenvalue weighted by Gasteiger charge is 2.68. The number of hydrogen-bond acceptors (Lipinski definition) is 7. The van der Waals surface area contributed by atoms with E-state index in [0.717, 1.165) is 53.1 Å². The molecule has 8 nitrogen and oxygen atoms in total. The Labute approximate surface area is 222 Å². The molecule has 2 saturated heterocycles. The maximum atomic E-state index is 6.69. The first-order chi connectivity index (χ1) is 18.3. The Kier molecular flexibility index (Phi) is 5.39. The predicted octanol–water partition coefficient (Wildman–Crippen LogP) is 5.49. The molecule has 3 fully saturated rings. The van der Waals surface area contributed by atoms with Crippen LogP contribution in [0.2, 0.25) is 0 Å². The normalized spacial score (nSPS) is 24.8. The van der Waals surface area contributed by atoms with Gasteiger partial charge in [0.05, 0.1) is 5.39 Å². The quantitative estimate of drug-likeness (QED) is 0.367. The molecule has 0 bridgehead atoms. The van der Waals surface area contributed by atoms with Gasteiger partial charge in [-0.2, -0.15) is 0 Å². The Morgan fingerprint density at radius 1 is 0.974 bits per heavy atom. The summed E-state index contributed by atoms with van der Waals surface area (Å²) in [7, 11) is 4.15. The van der Waals surface area contributed by atoms with Crippen molar-refractivity contribution < 1.29 is 14.2 Å². The molecule has 8 heteroatoms. The lowest BCUT2D eigenvalue weighted by Crippen LogP contribution is -2.30. The number of ether oxygens (including phenoxy) is 3. The lowest BCUT2D eigenvalue weighted by molar-refractivity contribution is -0.201. The summed E-state index contributed by atoms with van der Waals surface area (Å²) in [4.78, 5) is 11.6. The zero-order valence-corrected chi connectivity index (χ0v) is 22.2. The zero-order valence-electron chi connectivity index (χ0n) is 22.2. The summed E-state index contributed by atoms with van der Waals surface area (Å²) in [5.74, 6) is 0.117. The van der Waals surface area contributed by atoms with Crippen molar-refractivity contribution in [1.29, 1.82) is 0 Å². The molecule has 0 radical (unpaired) electrons. The summed E-state index contributed by atoms with van der Waals surface area (Å²) < 4.78 is 21.6. The van der Waals surface area contributed by atoms with Gasteiger partial charge in [0.25, 0.3) is 0 Å². The van der Waals surface area contributed by atoms with Gasteiger partial charge in [-0.25, -0.2) is 9.97 Å². The molecular weight excluding hydrogens is 478 g/mol. The molecule has 2 aliphatic heterocycles. The summed E-state index contributed by atoms with van der Waals surface area (Å²) in [5.41, 5.74) is 4.91.